The molecule has 1 aliphatic rings. The molecule has 1 aromatic carbocycles. The Bertz CT molecular complexity index is 651. The SMILES string of the molecule is COc1ccc(CNC(=O)Cn2cc3c(n2)CCCCCC3)cc1. The van der Waals surface area contributed by atoms with Gasteiger partial charge in [-0.25, -0.2) is 0 Å². The van der Waals surface area contributed by atoms with Crippen molar-refractivity contribution < 1.29 is 9.53 Å². The molecule has 5 heteroatoms. The molecule has 0 saturated carbocycles. The minimum Gasteiger partial charge on any atom is -0.497 e. The number of amides is 1. The number of rotatable bonds is 5. The van der Waals surface area contributed by atoms with Crippen LogP contribution in [0.4, 0.5) is 0 Å². The maximum absolute atomic E-state index is 12.2. The van der Waals surface area contributed by atoms with Gasteiger partial charge in [0.15, 0.2) is 0 Å². The number of methoxy groups -OCH3 is 1. The van der Waals surface area contributed by atoms with Crippen molar-refractivity contribution in [2.75, 3.05) is 7.11 Å². The van der Waals surface area contributed by atoms with Gasteiger partial charge in [-0.1, -0.05) is 25.0 Å². The summed E-state index contributed by atoms with van der Waals surface area (Å²) in [6.07, 6.45) is 9.18. The average Bonchev–Trinajstić information content (AvgIpc) is 2.94. The maximum atomic E-state index is 12.2. The van der Waals surface area contributed by atoms with E-state index < -0.39 is 0 Å². The Morgan fingerprint density at radius 1 is 1.17 bits per heavy atom. The molecule has 24 heavy (non-hydrogen) atoms. The fraction of sp³-hybridized carbons (Fsp3) is 0.474. The molecule has 0 spiro atoms. The van der Waals surface area contributed by atoms with E-state index in [4.69, 9.17) is 4.74 Å². The van der Waals surface area contributed by atoms with Gasteiger partial charge in [0.1, 0.15) is 12.3 Å². The predicted octanol–water partition coefficient (Wildman–Crippen LogP) is 2.87. The Hall–Kier alpha value is -2.30. The average molecular weight is 327 g/mol. The van der Waals surface area contributed by atoms with Crippen molar-refractivity contribution >= 4 is 5.91 Å². The van der Waals surface area contributed by atoms with Crippen LogP contribution in [0.5, 0.6) is 5.75 Å². The van der Waals surface area contributed by atoms with E-state index in [0.29, 0.717) is 6.54 Å². The van der Waals surface area contributed by atoms with Gasteiger partial charge in [0, 0.05) is 12.7 Å². The highest BCUT2D eigenvalue weighted by atomic mass is 16.5. The first-order valence-electron chi connectivity index (χ1n) is 8.69. The summed E-state index contributed by atoms with van der Waals surface area (Å²) in [6.45, 7) is 0.799. The summed E-state index contributed by atoms with van der Waals surface area (Å²) in [4.78, 5) is 12.2. The fourth-order valence-electron chi connectivity index (χ4n) is 3.11. The van der Waals surface area contributed by atoms with Gasteiger partial charge >= 0.3 is 0 Å². The van der Waals surface area contributed by atoms with E-state index in [-0.39, 0.29) is 12.5 Å². The highest BCUT2D eigenvalue weighted by Crippen LogP contribution is 2.18. The zero-order valence-electron chi connectivity index (χ0n) is 14.3. The summed E-state index contributed by atoms with van der Waals surface area (Å²) in [6, 6.07) is 7.71. The van der Waals surface area contributed by atoms with Crippen LogP contribution >= 0.6 is 0 Å². The van der Waals surface area contributed by atoms with E-state index in [9.17, 15) is 4.79 Å². The van der Waals surface area contributed by atoms with Crippen LogP contribution in [-0.2, 0) is 30.7 Å². The van der Waals surface area contributed by atoms with Gasteiger partial charge in [-0.2, -0.15) is 5.10 Å². The summed E-state index contributed by atoms with van der Waals surface area (Å²) >= 11 is 0. The molecule has 0 bridgehead atoms. The molecule has 0 radical (unpaired) electrons. The number of aromatic nitrogens is 2. The van der Waals surface area contributed by atoms with Gasteiger partial charge in [-0.15, -0.1) is 0 Å². The standard InChI is InChI=1S/C19H25N3O2/c1-24-17-10-8-15(9-11-17)12-20-19(23)14-22-13-16-6-4-2-3-5-7-18(16)21-22/h8-11,13H,2-7,12,14H2,1H3,(H,20,23). The Morgan fingerprint density at radius 2 is 1.92 bits per heavy atom. The number of hydrogen-bond donors (Lipinski definition) is 1. The second-order valence-corrected chi connectivity index (χ2v) is 6.34. The third-order valence-electron chi connectivity index (χ3n) is 4.49. The van der Waals surface area contributed by atoms with Gasteiger partial charge in [0.2, 0.25) is 5.91 Å². The summed E-state index contributed by atoms with van der Waals surface area (Å²) < 4.78 is 6.92. The number of ether oxygens (including phenoxy) is 1. The van der Waals surface area contributed by atoms with E-state index in [1.165, 1.54) is 36.9 Å². The van der Waals surface area contributed by atoms with Gasteiger partial charge in [0.05, 0.1) is 12.8 Å². The van der Waals surface area contributed by atoms with Crippen molar-refractivity contribution in [2.24, 2.45) is 0 Å². The summed E-state index contributed by atoms with van der Waals surface area (Å²) in [5.41, 5.74) is 3.55. The molecule has 1 amide bonds. The lowest BCUT2D eigenvalue weighted by Crippen LogP contribution is -2.27. The first kappa shape index (κ1) is 16.6. The molecular formula is C19H25N3O2. The predicted molar refractivity (Wildman–Crippen MR) is 92.9 cm³/mol. The second kappa shape index (κ2) is 7.99. The first-order valence-corrected chi connectivity index (χ1v) is 8.69. The first-order chi connectivity index (χ1) is 11.7. The molecule has 128 valence electrons. The van der Waals surface area contributed by atoms with Crippen molar-refractivity contribution in [1.82, 2.24) is 15.1 Å². The molecule has 0 unspecified atom stereocenters. The topological polar surface area (TPSA) is 56.1 Å². The van der Waals surface area contributed by atoms with Crippen molar-refractivity contribution in [3.05, 3.63) is 47.3 Å². The van der Waals surface area contributed by atoms with E-state index in [1.807, 2.05) is 30.5 Å². The molecule has 1 N–H and O–H groups in total. The number of benzene rings is 1. The van der Waals surface area contributed by atoms with E-state index in [2.05, 4.69) is 10.4 Å². The molecule has 0 aliphatic heterocycles. The number of carbonyl (C=O) groups excluding carboxylic acids is 1. The third-order valence-corrected chi connectivity index (χ3v) is 4.49. The smallest absolute Gasteiger partial charge is 0.241 e. The van der Waals surface area contributed by atoms with Crippen LogP contribution in [0.3, 0.4) is 0 Å². The molecule has 1 aliphatic carbocycles. The summed E-state index contributed by atoms with van der Waals surface area (Å²) in [5.74, 6) is 0.806. The van der Waals surface area contributed by atoms with Crippen molar-refractivity contribution in [2.45, 2.75) is 51.6 Å². The lowest BCUT2D eigenvalue weighted by atomic mass is 9.99. The monoisotopic (exact) mass is 327 g/mol. The molecule has 3 rings (SSSR count). The highest BCUT2D eigenvalue weighted by Gasteiger charge is 2.13. The van der Waals surface area contributed by atoms with Crippen LogP contribution in [-0.4, -0.2) is 22.8 Å². The van der Waals surface area contributed by atoms with E-state index in [0.717, 1.165) is 24.2 Å². The van der Waals surface area contributed by atoms with Crippen LogP contribution in [0.1, 0.15) is 42.5 Å². The van der Waals surface area contributed by atoms with Gasteiger partial charge < -0.3 is 10.1 Å². The van der Waals surface area contributed by atoms with Crippen molar-refractivity contribution in [3.63, 3.8) is 0 Å². The molecule has 0 fully saturated rings. The highest BCUT2D eigenvalue weighted by molar-refractivity contribution is 5.75. The molecule has 5 nitrogen and oxygen atoms in total. The van der Waals surface area contributed by atoms with E-state index >= 15 is 0 Å². The second-order valence-electron chi connectivity index (χ2n) is 6.34. The molecule has 1 aromatic heterocycles. The lowest BCUT2D eigenvalue weighted by molar-refractivity contribution is -0.122. The quantitative estimate of drug-likeness (QED) is 0.919. The number of hydrogen-bond acceptors (Lipinski definition) is 3. The summed E-state index contributed by atoms with van der Waals surface area (Å²) in [5, 5.41) is 7.56. The molecule has 2 aromatic rings. The van der Waals surface area contributed by atoms with Gasteiger partial charge in [-0.05, 0) is 48.9 Å². The Labute approximate surface area is 143 Å². The Morgan fingerprint density at radius 3 is 2.67 bits per heavy atom. The lowest BCUT2D eigenvalue weighted by Gasteiger charge is -2.06. The van der Waals surface area contributed by atoms with Crippen molar-refractivity contribution in [1.29, 1.82) is 0 Å². The van der Waals surface area contributed by atoms with Crippen LogP contribution in [0, 0.1) is 0 Å². The van der Waals surface area contributed by atoms with Gasteiger partial charge in [-0.3, -0.25) is 9.48 Å². The molecule has 1 heterocycles. The third kappa shape index (κ3) is 4.37. The fourth-order valence-corrected chi connectivity index (χ4v) is 3.11. The van der Waals surface area contributed by atoms with Crippen molar-refractivity contribution in [3.8, 4) is 5.75 Å². The number of aryl methyl sites for hydroxylation is 2. The number of nitrogens with zero attached hydrogens (tertiary/aromatic N) is 2. The van der Waals surface area contributed by atoms with Crippen LogP contribution < -0.4 is 10.1 Å². The Kier molecular flexibility index (Phi) is 5.51. The van der Waals surface area contributed by atoms with Crippen LogP contribution in [0.15, 0.2) is 30.5 Å². The van der Waals surface area contributed by atoms with Crippen LogP contribution in [0.25, 0.3) is 0 Å². The molecule has 0 atom stereocenters. The zero-order valence-corrected chi connectivity index (χ0v) is 14.3. The summed E-state index contributed by atoms with van der Waals surface area (Å²) in [7, 11) is 1.64. The number of fused-ring (bicyclic) bond motifs is 1. The van der Waals surface area contributed by atoms with Crippen LogP contribution in [0.2, 0.25) is 0 Å². The minimum absolute atomic E-state index is 0.0127. The van der Waals surface area contributed by atoms with Gasteiger partial charge in [0.25, 0.3) is 0 Å². The molecule has 0 saturated heterocycles. The Balaban J connectivity index is 1.53. The number of nitrogens with one attached hydrogen (secondary N) is 1. The molecular weight excluding hydrogens is 302 g/mol. The normalized spacial score (nSPS) is 14.4. The maximum Gasteiger partial charge on any atom is 0.241 e. The zero-order chi connectivity index (χ0) is 16.8. The largest absolute Gasteiger partial charge is 0.497 e. The van der Waals surface area contributed by atoms with E-state index in [1.54, 1.807) is 11.8 Å². The number of carbonyl (C=O) groups is 1. The minimum atomic E-state index is -0.0127.